The highest BCUT2D eigenvalue weighted by Gasteiger charge is 2.42. The molecule has 1 heterocycles. The van der Waals surface area contributed by atoms with Gasteiger partial charge in [0, 0.05) is 12.0 Å². The maximum atomic E-state index is 6.56. The molecule has 0 N–H and O–H groups in total. The van der Waals surface area contributed by atoms with Crippen LogP contribution in [0.5, 0.6) is 0 Å². The van der Waals surface area contributed by atoms with Crippen LogP contribution in [0.1, 0.15) is 130 Å². The van der Waals surface area contributed by atoms with Crippen LogP contribution < -0.4 is 0 Å². The van der Waals surface area contributed by atoms with E-state index in [1.165, 1.54) is 107 Å². The molecule has 35 heavy (non-hydrogen) atoms. The summed E-state index contributed by atoms with van der Waals surface area (Å²) < 4.78 is 13.1. The molecule has 0 aliphatic carbocycles. The van der Waals surface area contributed by atoms with Crippen LogP contribution in [0.4, 0.5) is 0 Å². The Labute approximate surface area is 218 Å². The summed E-state index contributed by atoms with van der Waals surface area (Å²) in [7, 11) is 0. The molecule has 0 bridgehead atoms. The summed E-state index contributed by atoms with van der Waals surface area (Å²) in [5.74, 6) is -0.568. The van der Waals surface area contributed by atoms with Gasteiger partial charge in [-0.25, -0.2) is 0 Å². The first-order valence-electron chi connectivity index (χ1n) is 15.3. The molecule has 0 unspecified atom stereocenters. The number of hydrogen-bond acceptors (Lipinski definition) is 2. The zero-order chi connectivity index (χ0) is 25.2. The van der Waals surface area contributed by atoms with E-state index in [0.717, 1.165) is 12.8 Å². The Morgan fingerprint density at radius 1 is 0.686 bits per heavy atom. The summed E-state index contributed by atoms with van der Waals surface area (Å²) in [5.41, 5.74) is 4.38. The molecular formula is C32H55BO2. The average Bonchev–Trinajstić information content (AvgIpc) is 3.35. The van der Waals surface area contributed by atoms with Crippen LogP contribution in [-0.2, 0) is 9.47 Å². The minimum atomic E-state index is -0.568. The molecule has 0 radical (unpaired) electrons. The van der Waals surface area contributed by atoms with E-state index >= 15 is 0 Å². The Hall–Kier alpha value is -1.06. The second-order valence-electron chi connectivity index (χ2n) is 10.7. The maximum Gasteiger partial charge on any atom is 0.194 e. The molecule has 1 aromatic rings. The molecule has 1 fully saturated rings. The normalized spacial score (nSPS) is 15.9. The van der Waals surface area contributed by atoms with Gasteiger partial charge in [-0.3, -0.25) is 0 Å². The molecule has 0 aromatic heterocycles. The first-order chi connectivity index (χ1) is 17.2. The van der Waals surface area contributed by atoms with Gasteiger partial charge in [-0.1, -0.05) is 160 Å². The van der Waals surface area contributed by atoms with E-state index in [9.17, 15) is 0 Å². The van der Waals surface area contributed by atoms with Crippen LogP contribution in [-0.4, -0.2) is 25.7 Å². The predicted molar refractivity (Wildman–Crippen MR) is 155 cm³/mol. The van der Waals surface area contributed by atoms with E-state index in [1.807, 2.05) is 0 Å². The van der Waals surface area contributed by atoms with Crippen molar-refractivity contribution in [1.82, 2.24) is 0 Å². The van der Waals surface area contributed by atoms with Crippen molar-refractivity contribution in [2.75, 3.05) is 13.2 Å². The lowest BCUT2D eigenvalue weighted by Gasteiger charge is -2.35. The molecule has 0 spiro atoms. The Morgan fingerprint density at radius 2 is 1.23 bits per heavy atom. The van der Waals surface area contributed by atoms with Gasteiger partial charge in [0.15, 0.2) is 12.5 Å². The fraction of sp³-hybridized carbons (Fsp3) is 0.750. The molecule has 3 heteroatoms. The molecular weight excluding hydrogens is 427 g/mol. The standard InChI is InChI=1S/C32H55BO2/c1-5-9-12-18-23-30(33(25-19-13-10-6-2)26-20-14-11-7-3)31(29-21-16-15-17-22-29)32(24-8-4)34-27-28-35-32/h15-17,21-22H,5-14,18-20,23-28H2,1-4H3/b31-30-. The molecule has 198 valence electrons. The number of rotatable bonds is 20. The molecule has 1 aliphatic heterocycles. The second kappa shape index (κ2) is 18.2. The van der Waals surface area contributed by atoms with Crippen LogP contribution in [0.25, 0.3) is 5.57 Å². The van der Waals surface area contributed by atoms with Crippen LogP contribution in [0.2, 0.25) is 12.6 Å². The van der Waals surface area contributed by atoms with Gasteiger partial charge in [-0.2, -0.15) is 0 Å². The van der Waals surface area contributed by atoms with Crippen molar-refractivity contribution in [2.24, 2.45) is 0 Å². The SMILES string of the molecule is CCCCCCB(CCCCCC)/C(CCCCCC)=C(/c1ccccc1)C1(CCC)OCCO1. The Kier molecular flexibility index (Phi) is 15.7. The molecule has 0 amide bonds. The topological polar surface area (TPSA) is 18.5 Å². The minimum Gasteiger partial charge on any atom is -0.343 e. The Balaban J connectivity index is 2.52. The molecule has 0 atom stereocenters. The van der Waals surface area contributed by atoms with Crippen molar-refractivity contribution in [3.8, 4) is 0 Å². The average molecular weight is 483 g/mol. The summed E-state index contributed by atoms with van der Waals surface area (Å²) >= 11 is 0. The Bertz CT molecular complexity index is 666. The van der Waals surface area contributed by atoms with Gasteiger partial charge < -0.3 is 9.47 Å². The van der Waals surface area contributed by atoms with Gasteiger partial charge in [0.2, 0.25) is 0 Å². The van der Waals surface area contributed by atoms with Gasteiger partial charge in [-0.05, 0) is 12.0 Å². The molecule has 2 nitrogen and oxygen atoms in total. The van der Waals surface area contributed by atoms with E-state index in [0.29, 0.717) is 19.9 Å². The van der Waals surface area contributed by atoms with Crippen LogP contribution >= 0.6 is 0 Å². The third kappa shape index (κ3) is 10.1. The highest BCUT2D eigenvalue weighted by atomic mass is 16.7. The summed E-state index contributed by atoms with van der Waals surface area (Å²) in [6.45, 7) is 11.3. The molecule has 0 saturated carbocycles. The number of unbranched alkanes of at least 4 members (excludes halogenated alkanes) is 9. The van der Waals surface area contributed by atoms with E-state index in [2.05, 4.69) is 58.0 Å². The largest absolute Gasteiger partial charge is 0.343 e. The smallest absolute Gasteiger partial charge is 0.194 e. The van der Waals surface area contributed by atoms with Crippen molar-refractivity contribution in [1.29, 1.82) is 0 Å². The van der Waals surface area contributed by atoms with Crippen LogP contribution in [0.3, 0.4) is 0 Å². The van der Waals surface area contributed by atoms with Gasteiger partial charge in [-0.15, -0.1) is 0 Å². The van der Waals surface area contributed by atoms with Crippen molar-refractivity contribution in [3.05, 3.63) is 41.4 Å². The highest BCUT2D eigenvalue weighted by Crippen LogP contribution is 2.43. The Morgan fingerprint density at radius 3 is 1.74 bits per heavy atom. The van der Waals surface area contributed by atoms with Crippen molar-refractivity contribution in [2.45, 2.75) is 142 Å². The van der Waals surface area contributed by atoms with Crippen molar-refractivity contribution >= 4 is 12.3 Å². The van der Waals surface area contributed by atoms with Gasteiger partial charge in [0.25, 0.3) is 0 Å². The lowest BCUT2D eigenvalue weighted by molar-refractivity contribution is -0.112. The van der Waals surface area contributed by atoms with E-state index < -0.39 is 5.79 Å². The maximum absolute atomic E-state index is 6.56. The summed E-state index contributed by atoms with van der Waals surface area (Å²) in [6.07, 6.45) is 21.8. The van der Waals surface area contributed by atoms with E-state index in [-0.39, 0.29) is 0 Å². The quantitative estimate of drug-likeness (QED) is 0.136. The number of benzene rings is 1. The van der Waals surface area contributed by atoms with E-state index in [1.54, 1.807) is 5.47 Å². The highest BCUT2D eigenvalue weighted by molar-refractivity contribution is 6.68. The summed E-state index contributed by atoms with van der Waals surface area (Å²) in [5, 5.41) is 0. The zero-order valence-corrected chi connectivity index (χ0v) is 23.7. The minimum absolute atomic E-state index is 0.568. The zero-order valence-electron chi connectivity index (χ0n) is 23.7. The summed E-state index contributed by atoms with van der Waals surface area (Å²) in [6, 6.07) is 11.1. The molecule has 1 aromatic carbocycles. The fourth-order valence-corrected chi connectivity index (χ4v) is 5.86. The van der Waals surface area contributed by atoms with Crippen LogP contribution in [0.15, 0.2) is 35.8 Å². The lowest BCUT2D eigenvalue weighted by atomic mass is 9.37. The molecule has 1 aliphatic rings. The summed E-state index contributed by atoms with van der Waals surface area (Å²) in [4.78, 5) is 0. The molecule has 1 saturated heterocycles. The van der Waals surface area contributed by atoms with Gasteiger partial charge in [0.1, 0.15) is 0 Å². The number of allylic oxidation sites excluding steroid dienone is 1. The third-order valence-electron chi connectivity index (χ3n) is 7.70. The first-order valence-corrected chi connectivity index (χ1v) is 15.3. The number of ether oxygens (including phenoxy) is 2. The van der Waals surface area contributed by atoms with E-state index in [4.69, 9.17) is 9.47 Å². The number of hydrogen-bond donors (Lipinski definition) is 0. The second-order valence-corrected chi connectivity index (χ2v) is 10.7. The van der Waals surface area contributed by atoms with Gasteiger partial charge >= 0.3 is 0 Å². The lowest BCUT2D eigenvalue weighted by Crippen LogP contribution is -2.35. The molecule has 2 rings (SSSR count). The van der Waals surface area contributed by atoms with Crippen molar-refractivity contribution < 1.29 is 9.47 Å². The van der Waals surface area contributed by atoms with Gasteiger partial charge in [0.05, 0.1) is 13.2 Å². The predicted octanol–water partition coefficient (Wildman–Crippen LogP) is 10.1. The third-order valence-corrected chi connectivity index (χ3v) is 7.70. The monoisotopic (exact) mass is 482 g/mol. The van der Waals surface area contributed by atoms with Crippen LogP contribution in [0, 0.1) is 0 Å². The fourth-order valence-electron chi connectivity index (χ4n) is 5.86. The van der Waals surface area contributed by atoms with Crippen molar-refractivity contribution in [3.63, 3.8) is 0 Å². The first kappa shape index (κ1) is 30.2.